The maximum absolute atomic E-state index is 14.0. The maximum atomic E-state index is 14.0. The molecule has 5 nitrogen and oxygen atoms in total. The monoisotopic (exact) mass is 479 g/mol. The first-order valence-electron chi connectivity index (χ1n) is 9.42. The van der Waals surface area contributed by atoms with Crippen LogP contribution in [0.4, 0.5) is 10.2 Å². The molecule has 0 aliphatic carbocycles. The highest BCUT2D eigenvalue weighted by atomic mass is 35.5. The molecular weight excluding hydrogens is 460 g/mol. The number of fused-ring (bicyclic) bond motifs is 1. The van der Waals surface area contributed by atoms with E-state index in [9.17, 15) is 4.39 Å². The van der Waals surface area contributed by atoms with Gasteiger partial charge in [0.25, 0.3) is 0 Å². The molecule has 162 valence electrons. The molecule has 0 aliphatic heterocycles. The van der Waals surface area contributed by atoms with Gasteiger partial charge in [-0.15, -0.1) is 11.3 Å². The molecule has 0 spiro atoms. The van der Waals surface area contributed by atoms with E-state index in [4.69, 9.17) is 43.8 Å². The SMILES string of the molecule is CC(Oc1c(N)ncc2c(-c3csc(C(C)(C)N)c3)coc12)c1c(Cl)ccc(F)c1Cl. The van der Waals surface area contributed by atoms with Crippen molar-refractivity contribution in [2.75, 3.05) is 5.73 Å². The van der Waals surface area contributed by atoms with Crippen LogP contribution in [0.1, 0.15) is 37.3 Å². The molecule has 0 saturated carbocycles. The van der Waals surface area contributed by atoms with E-state index in [1.54, 1.807) is 30.7 Å². The third-order valence-electron chi connectivity index (χ3n) is 4.93. The zero-order chi connectivity index (χ0) is 22.5. The molecule has 1 aromatic carbocycles. The van der Waals surface area contributed by atoms with Crippen molar-refractivity contribution in [1.82, 2.24) is 4.98 Å². The number of benzene rings is 1. The maximum Gasteiger partial charge on any atom is 0.205 e. The summed E-state index contributed by atoms with van der Waals surface area (Å²) in [5.74, 6) is -0.211. The molecule has 9 heteroatoms. The van der Waals surface area contributed by atoms with Crippen molar-refractivity contribution in [2.45, 2.75) is 32.4 Å². The van der Waals surface area contributed by atoms with Gasteiger partial charge in [0.05, 0.1) is 16.7 Å². The van der Waals surface area contributed by atoms with E-state index in [1.165, 1.54) is 12.1 Å². The van der Waals surface area contributed by atoms with E-state index in [2.05, 4.69) is 4.98 Å². The highest BCUT2D eigenvalue weighted by Crippen LogP contribution is 2.42. The Hall–Kier alpha value is -2.32. The van der Waals surface area contributed by atoms with E-state index in [1.807, 2.05) is 25.3 Å². The summed E-state index contributed by atoms with van der Waals surface area (Å²) < 4.78 is 25.8. The standard InChI is InChI=1S/C22H20Cl2FN3O2S/c1-10(17-14(23)4-5-15(25)18(17)24)30-20-19-12(7-28-21(20)26)13(8-29-19)11-6-16(31-9-11)22(2,3)27/h4-10H,27H2,1-3H3,(H2,26,28). The Kier molecular flexibility index (Phi) is 5.64. The fraction of sp³-hybridized carbons (Fsp3) is 0.227. The topological polar surface area (TPSA) is 87.3 Å². The number of hydrogen-bond donors (Lipinski definition) is 2. The van der Waals surface area contributed by atoms with Gasteiger partial charge in [-0.05, 0) is 49.9 Å². The van der Waals surface area contributed by atoms with Gasteiger partial charge in [-0.1, -0.05) is 23.2 Å². The first-order valence-corrected chi connectivity index (χ1v) is 11.1. The number of pyridine rings is 1. The summed E-state index contributed by atoms with van der Waals surface area (Å²) in [5, 5.41) is 2.93. The Bertz CT molecular complexity index is 1280. The molecule has 3 heterocycles. The molecule has 3 aromatic heterocycles. The van der Waals surface area contributed by atoms with Crippen LogP contribution in [0.3, 0.4) is 0 Å². The molecule has 4 rings (SSSR count). The van der Waals surface area contributed by atoms with Crippen LogP contribution in [-0.2, 0) is 5.54 Å². The molecule has 4 aromatic rings. The summed E-state index contributed by atoms with van der Waals surface area (Å²) in [6.07, 6.45) is 2.55. The number of hydrogen-bond acceptors (Lipinski definition) is 6. The van der Waals surface area contributed by atoms with Gasteiger partial charge in [-0.3, -0.25) is 0 Å². The minimum Gasteiger partial charge on any atom is -0.478 e. The van der Waals surface area contributed by atoms with Crippen molar-refractivity contribution < 1.29 is 13.5 Å². The van der Waals surface area contributed by atoms with Gasteiger partial charge in [0.1, 0.15) is 11.9 Å². The van der Waals surface area contributed by atoms with Crippen LogP contribution in [0.15, 0.2) is 40.5 Å². The quantitative estimate of drug-likeness (QED) is 0.303. The zero-order valence-corrected chi connectivity index (χ0v) is 19.3. The Labute approximate surface area is 192 Å². The number of nitrogen functional groups attached to an aromatic ring is 1. The molecule has 0 fully saturated rings. The lowest BCUT2D eigenvalue weighted by molar-refractivity contribution is 0.227. The highest BCUT2D eigenvalue weighted by molar-refractivity contribution is 7.10. The first-order chi connectivity index (χ1) is 14.6. The van der Waals surface area contributed by atoms with Gasteiger partial charge in [0.2, 0.25) is 5.75 Å². The molecular formula is C22H20Cl2FN3O2S. The van der Waals surface area contributed by atoms with Gasteiger partial charge in [-0.25, -0.2) is 9.37 Å². The number of halogens is 3. The summed E-state index contributed by atoms with van der Waals surface area (Å²) in [4.78, 5) is 5.30. The molecule has 0 saturated heterocycles. The summed E-state index contributed by atoms with van der Waals surface area (Å²) in [6, 6.07) is 4.66. The third-order valence-corrected chi connectivity index (χ3v) is 6.91. The van der Waals surface area contributed by atoms with Crippen LogP contribution in [0.25, 0.3) is 22.1 Å². The summed E-state index contributed by atoms with van der Waals surface area (Å²) in [6.45, 7) is 5.60. The smallest absolute Gasteiger partial charge is 0.205 e. The van der Waals surface area contributed by atoms with E-state index in [-0.39, 0.29) is 21.6 Å². The van der Waals surface area contributed by atoms with Crippen LogP contribution < -0.4 is 16.2 Å². The number of anilines is 1. The Morgan fingerprint density at radius 2 is 2.03 bits per heavy atom. The summed E-state index contributed by atoms with van der Waals surface area (Å²) in [5.41, 5.74) is 14.4. The number of nitrogens with zero attached hydrogens (tertiary/aromatic N) is 1. The average molecular weight is 480 g/mol. The number of nitrogens with two attached hydrogens (primary N) is 2. The van der Waals surface area contributed by atoms with Gasteiger partial charge >= 0.3 is 0 Å². The second-order valence-corrected chi connectivity index (χ2v) is 9.50. The van der Waals surface area contributed by atoms with Crippen molar-refractivity contribution in [3.05, 3.63) is 62.3 Å². The van der Waals surface area contributed by atoms with Gasteiger partial charge < -0.3 is 20.6 Å². The van der Waals surface area contributed by atoms with Crippen LogP contribution in [-0.4, -0.2) is 4.98 Å². The minimum absolute atomic E-state index is 0.103. The number of ether oxygens (including phenoxy) is 1. The van der Waals surface area contributed by atoms with Gasteiger partial charge in [0, 0.05) is 32.8 Å². The van der Waals surface area contributed by atoms with Crippen molar-refractivity contribution in [3.8, 4) is 16.9 Å². The Morgan fingerprint density at radius 1 is 1.29 bits per heavy atom. The normalized spacial score (nSPS) is 13.0. The number of furan rings is 1. The summed E-state index contributed by atoms with van der Waals surface area (Å²) in [7, 11) is 0. The fourth-order valence-corrected chi connectivity index (χ4v) is 4.91. The molecule has 0 radical (unpaired) electrons. The third kappa shape index (κ3) is 3.99. The number of aromatic nitrogens is 1. The zero-order valence-electron chi connectivity index (χ0n) is 17.0. The van der Waals surface area contributed by atoms with Gasteiger partial charge in [0.15, 0.2) is 11.4 Å². The second kappa shape index (κ2) is 7.98. The molecule has 0 bridgehead atoms. The Morgan fingerprint density at radius 3 is 2.71 bits per heavy atom. The molecule has 31 heavy (non-hydrogen) atoms. The number of thiophene rings is 1. The lowest BCUT2D eigenvalue weighted by Gasteiger charge is -2.18. The second-order valence-electron chi connectivity index (χ2n) is 7.80. The van der Waals surface area contributed by atoms with Gasteiger partial charge in [-0.2, -0.15) is 0 Å². The van der Waals surface area contributed by atoms with Crippen LogP contribution >= 0.6 is 34.5 Å². The van der Waals surface area contributed by atoms with Crippen molar-refractivity contribution in [3.63, 3.8) is 0 Å². The Balaban J connectivity index is 1.76. The predicted octanol–water partition coefficient (Wildman–Crippen LogP) is 6.92. The van der Waals surface area contributed by atoms with E-state index in [0.29, 0.717) is 11.1 Å². The molecule has 0 aliphatic rings. The molecule has 0 amide bonds. The van der Waals surface area contributed by atoms with E-state index < -0.39 is 17.5 Å². The number of rotatable bonds is 5. The van der Waals surface area contributed by atoms with Crippen LogP contribution in [0, 0.1) is 5.82 Å². The van der Waals surface area contributed by atoms with Crippen molar-refractivity contribution >= 4 is 51.3 Å². The largest absolute Gasteiger partial charge is 0.478 e. The van der Waals surface area contributed by atoms with Crippen LogP contribution in [0.5, 0.6) is 5.75 Å². The van der Waals surface area contributed by atoms with Crippen molar-refractivity contribution in [2.24, 2.45) is 5.73 Å². The lowest BCUT2D eigenvalue weighted by Crippen LogP contribution is -2.27. The summed E-state index contributed by atoms with van der Waals surface area (Å²) >= 11 is 13.9. The predicted molar refractivity (Wildman–Crippen MR) is 124 cm³/mol. The lowest BCUT2D eigenvalue weighted by atomic mass is 10.0. The highest BCUT2D eigenvalue weighted by Gasteiger charge is 2.24. The van der Waals surface area contributed by atoms with E-state index in [0.717, 1.165) is 21.4 Å². The molecule has 4 N–H and O–H groups in total. The first kappa shape index (κ1) is 21.9. The molecule has 1 atom stereocenters. The minimum atomic E-state index is -0.704. The van der Waals surface area contributed by atoms with E-state index >= 15 is 0 Å². The average Bonchev–Trinajstić information content (AvgIpc) is 3.34. The van der Waals surface area contributed by atoms with Crippen molar-refractivity contribution in [1.29, 1.82) is 0 Å². The molecule has 1 unspecified atom stereocenters. The fourth-order valence-electron chi connectivity index (χ4n) is 3.28. The van der Waals surface area contributed by atoms with Crippen LogP contribution in [0.2, 0.25) is 10.0 Å².